The van der Waals surface area contributed by atoms with Crippen molar-refractivity contribution in [2.24, 2.45) is 4.99 Å². The molecule has 2 heterocycles. The van der Waals surface area contributed by atoms with Gasteiger partial charge in [0.25, 0.3) is 0 Å². The molecule has 0 aromatic carbocycles. The second-order valence-electron chi connectivity index (χ2n) is 4.80. The SMILES string of the molecule is CN(C)C1=N[C@@H]2[C@@H](O)[C@H](O)[C@@H](CCCO)O[C@@H]2S1. The monoisotopic (exact) mass is 276 g/mol. The van der Waals surface area contributed by atoms with Gasteiger partial charge in [0.2, 0.25) is 0 Å². The molecule has 6 nitrogen and oxygen atoms in total. The summed E-state index contributed by atoms with van der Waals surface area (Å²) in [5.74, 6) is 0. The smallest absolute Gasteiger partial charge is 0.161 e. The molecule has 1 saturated heterocycles. The van der Waals surface area contributed by atoms with Crippen LogP contribution < -0.4 is 0 Å². The zero-order valence-electron chi connectivity index (χ0n) is 10.6. The first-order valence-electron chi connectivity index (χ1n) is 6.09. The molecule has 0 amide bonds. The molecule has 0 saturated carbocycles. The van der Waals surface area contributed by atoms with Crippen LogP contribution in [0.5, 0.6) is 0 Å². The maximum Gasteiger partial charge on any atom is 0.161 e. The lowest BCUT2D eigenvalue weighted by molar-refractivity contribution is -0.155. The number of aliphatic hydroxyl groups excluding tert-OH is 3. The Bertz CT molecular complexity index is 326. The molecule has 0 aliphatic carbocycles. The van der Waals surface area contributed by atoms with Crippen LogP contribution in [0, 0.1) is 0 Å². The van der Waals surface area contributed by atoms with Gasteiger partial charge >= 0.3 is 0 Å². The van der Waals surface area contributed by atoms with Gasteiger partial charge in [0, 0.05) is 20.7 Å². The van der Waals surface area contributed by atoms with E-state index in [-0.39, 0.29) is 12.0 Å². The van der Waals surface area contributed by atoms with Gasteiger partial charge in [0.1, 0.15) is 23.7 Å². The fourth-order valence-corrected chi connectivity index (χ4v) is 3.33. The highest BCUT2D eigenvalue weighted by Gasteiger charge is 2.48. The molecule has 2 aliphatic heterocycles. The molecule has 5 atom stereocenters. The van der Waals surface area contributed by atoms with E-state index in [4.69, 9.17) is 9.84 Å². The predicted molar refractivity (Wildman–Crippen MR) is 69.5 cm³/mol. The van der Waals surface area contributed by atoms with Crippen molar-refractivity contribution in [1.82, 2.24) is 4.90 Å². The Morgan fingerprint density at radius 3 is 2.67 bits per heavy atom. The molecule has 0 radical (unpaired) electrons. The Hall–Kier alpha value is -0.340. The Morgan fingerprint density at radius 2 is 2.06 bits per heavy atom. The molecule has 1 fully saturated rings. The number of thioether (sulfide) groups is 1. The maximum atomic E-state index is 10.1. The van der Waals surface area contributed by atoms with Gasteiger partial charge in [-0.15, -0.1) is 0 Å². The number of rotatable bonds is 3. The molecule has 3 N–H and O–H groups in total. The maximum absolute atomic E-state index is 10.1. The number of hydrogen-bond acceptors (Lipinski definition) is 7. The van der Waals surface area contributed by atoms with Gasteiger partial charge in [0.15, 0.2) is 5.17 Å². The van der Waals surface area contributed by atoms with Crippen LogP contribution in [-0.4, -0.2) is 75.9 Å². The van der Waals surface area contributed by atoms with Crippen LogP contribution in [0.4, 0.5) is 0 Å². The van der Waals surface area contributed by atoms with Crippen molar-refractivity contribution in [3.05, 3.63) is 0 Å². The Balaban J connectivity index is 2.04. The minimum Gasteiger partial charge on any atom is -0.396 e. The van der Waals surface area contributed by atoms with Crippen LogP contribution in [0.3, 0.4) is 0 Å². The van der Waals surface area contributed by atoms with Gasteiger partial charge in [-0.25, -0.2) is 0 Å². The van der Waals surface area contributed by atoms with E-state index in [1.54, 1.807) is 0 Å². The van der Waals surface area contributed by atoms with E-state index in [9.17, 15) is 10.2 Å². The molecule has 2 rings (SSSR count). The Labute approximate surface area is 111 Å². The van der Waals surface area contributed by atoms with E-state index in [2.05, 4.69) is 4.99 Å². The summed E-state index contributed by atoms with van der Waals surface area (Å²) in [6, 6.07) is -0.409. The zero-order chi connectivity index (χ0) is 13.3. The molecule has 0 bridgehead atoms. The molecule has 18 heavy (non-hydrogen) atoms. The Morgan fingerprint density at radius 1 is 1.33 bits per heavy atom. The predicted octanol–water partition coefficient (Wildman–Crippen LogP) is -0.761. The summed E-state index contributed by atoms with van der Waals surface area (Å²) in [5, 5.41) is 29.7. The average molecular weight is 276 g/mol. The van der Waals surface area contributed by atoms with E-state index in [0.717, 1.165) is 5.17 Å². The van der Waals surface area contributed by atoms with Crippen molar-refractivity contribution in [3.8, 4) is 0 Å². The largest absolute Gasteiger partial charge is 0.396 e. The lowest BCUT2D eigenvalue weighted by Gasteiger charge is -2.38. The van der Waals surface area contributed by atoms with Crippen LogP contribution >= 0.6 is 11.8 Å². The van der Waals surface area contributed by atoms with Crippen LogP contribution in [0.15, 0.2) is 4.99 Å². The fraction of sp³-hybridized carbons (Fsp3) is 0.909. The van der Waals surface area contributed by atoms with Crippen molar-refractivity contribution in [2.75, 3.05) is 20.7 Å². The minimum absolute atomic E-state index is 0.0589. The number of aliphatic imine (C=N–C) groups is 1. The molecule has 0 aromatic rings. The summed E-state index contributed by atoms with van der Waals surface area (Å²) in [6.45, 7) is 0.0589. The van der Waals surface area contributed by atoms with Gasteiger partial charge in [-0.2, -0.15) is 0 Å². The summed E-state index contributed by atoms with van der Waals surface area (Å²) in [4.78, 5) is 6.25. The van der Waals surface area contributed by atoms with Gasteiger partial charge in [-0.1, -0.05) is 11.8 Å². The number of fused-ring (bicyclic) bond motifs is 1. The van der Waals surface area contributed by atoms with Crippen molar-refractivity contribution in [2.45, 2.75) is 42.6 Å². The van der Waals surface area contributed by atoms with Gasteiger partial charge < -0.3 is 25.0 Å². The number of aliphatic hydroxyl groups is 3. The topological polar surface area (TPSA) is 85.5 Å². The molecular formula is C11H20N2O4S. The summed E-state index contributed by atoms with van der Waals surface area (Å²) in [7, 11) is 3.77. The molecule has 7 heteroatoms. The number of amidine groups is 1. The van der Waals surface area contributed by atoms with E-state index in [1.807, 2.05) is 19.0 Å². The van der Waals surface area contributed by atoms with Crippen molar-refractivity contribution in [1.29, 1.82) is 0 Å². The van der Waals surface area contributed by atoms with E-state index < -0.39 is 24.4 Å². The average Bonchev–Trinajstić information content (AvgIpc) is 2.76. The van der Waals surface area contributed by atoms with Gasteiger partial charge in [0.05, 0.1) is 6.10 Å². The fourth-order valence-electron chi connectivity index (χ4n) is 2.16. The normalized spacial score (nSPS) is 39.4. The molecule has 0 aromatic heterocycles. The molecule has 0 unspecified atom stereocenters. The lowest BCUT2D eigenvalue weighted by Crippen LogP contribution is -2.54. The van der Waals surface area contributed by atoms with Crippen molar-refractivity contribution in [3.63, 3.8) is 0 Å². The first-order chi connectivity index (χ1) is 8.54. The third-order valence-electron chi connectivity index (χ3n) is 3.18. The summed E-state index contributed by atoms with van der Waals surface area (Å²) < 4.78 is 5.78. The highest BCUT2D eigenvalue weighted by Crippen LogP contribution is 2.37. The van der Waals surface area contributed by atoms with Crippen molar-refractivity contribution < 1.29 is 20.1 Å². The van der Waals surface area contributed by atoms with Crippen LogP contribution in [0.1, 0.15) is 12.8 Å². The molecule has 104 valence electrons. The Kier molecular flexibility index (Phi) is 4.50. The van der Waals surface area contributed by atoms with Crippen LogP contribution in [0.2, 0.25) is 0 Å². The van der Waals surface area contributed by atoms with Crippen molar-refractivity contribution >= 4 is 16.9 Å². The first-order valence-corrected chi connectivity index (χ1v) is 6.96. The molecule has 2 aliphatic rings. The van der Waals surface area contributed by atoms with E-state index in [1.165, 1.54) is 11.8 Å². The summed E-state index contributed by atoms with van der Waals surface area (Å²) in [6.07, 6.45) is -1.19. The number of ether oxygens (including phenoxy) is 1. The number of nitrogens with zero attached hydrogens (tertiary/aromatic N) is 2. The number of hydrogen-bond donors (Lipinski definition) is 3. The minimum atomic E-state index is -0.941. The third kappa shape index (κ3) is 2.65. The standard InChI is InChI=1S/C11H20N2O4S/c1-13(2)11-12-7-9(16)8(15)6(4-3-5-14)17-10(7)18-11/h6-10,14-16H,3-5H2,1-2H3/t6-,7-,8-,9-,10-/m1/s1. The highest BCUT2D eigenvalue weighted by molar-refractivity contribution is 8.14. The van der Waals surface area contributed by atoms with E-state index in [0.29, 0.717) is 12.8 Å². The molecular weight excluding hydrogens is 256 g/mol. The van der Waals surface area contributed by atoms with Crippen LogP contribution in [-0.2, 0) is 4.74 Å². The highest BCUT2D eigenvalue weighted by atomic mass is 32.2. The van der Waals surface area contributed by atoms with Crippen LogP contribution in [0.25, 0.3) is 0 Å². The van der Waals surface area contributed by atoms with Gasteiger partial charge in [-0.05, 0) is 12.8 Å². The second-order valence-corrected chi connectivity index (χ2v) is 5.87. The second kappa shape index (κ2) is 5.75. The summed E-state index contributed by atoms with van der Waals surface area (Å²) in [5.41, 5.74) is -0.246. The third-order valence-corrected chi connectivity index (χ3v) is 4.48. The quantitative estimate of drug-likeness (QED) is 0.628. The van der Waals surface area contributed by atoms with E-state index >= 15 is 0 Å². The lowest BCUT2D eigenvalue weighted by atomic mass is 9.95. The molecule has 0 spiro atoms. The first kappa shape index (κ1) is 14.1. The summed E-state index contributed by atoms with van der Waals surface area (Å²) >= 11 is 1.47. The zero-order valence-corrected chi connectivity index (χ0v) is 11.4. The van der Waals surface area contributed by atoms with Gasteiger partial charge in [-0.3, -0.25) is 4.99 Å².